The molecule has 0 amide bonds. The number of aromatic amines is 1. The van der Waals surface area contributed by atoms with Crippen LogP contribution in [0.25, 0.3) is 0 Å². The summed E-state index contributed by atoms with van der Waals surface area (Å²) >= 11 is 5.09. The molecule has 1 heterocycles. The highest BCUT2D eigenvalue weighted by molar-refractivity contribution is 7.71. The van der Waals surface area contributed by atoms with Gasteiger partial charge in [0.1, 0.15) is 5.82 Å². The van der Waals surface area contributed by atoms with Gasteiger partial charge in [-0.05, 0) is 31.3 Å². The second-order valence-corrected chi connectivity index (χ2v) is 4.44. The second-order valence-electron chi connectivity index (χ2n) is 4.06. The van der Waals surface area contributed by atoms with Crippen molar-refractivity contribution in [1.82, 2.24) is 14.9 Å². The Morgan fingerprint density at radius 1 is 1.19 bits per heavy atom. The van der Waals surface area contributed by atoms with Gasteiger partial charge in [-0.25, -0.2) is 0 Å². The predicted molar refractivity (Wildman–Crippen MR) is 81.2 cm³/mol. The molecule has 7 nitrogen and oxygen atoms in total. The summed E-state index contributed by atoms with van der Waals surface area (Å²) in [7, 11) is 4.68. The van der Waals surface area contributed by atoms with Crippen LogP contribution in [0, 0.1) is 11.7 Å². The Labute approximate surface area is 127 Å². The number of nitrogens with zero attached hydrogens (tertiary/aromatic N) is 3. The highest BCUT2D eigenvalue weighted by Gasteiger charge is 2.14. The van der Waals surface area contributed by atoms with E-state index in [4.69, 9.17) is 26.4 Å². The molecule has 21 heavy (non-hydrogen) atoms. The number of benzene rings is 1. The van der Waals surface area contributed by atoms with Crippen molar-refractivity contribution in [3.8, 4) is 17.2 Å². The molecular formula is C13H16N4O3S. The van der Waals surface area contributed by atoms with E-state index in [9.17, 15) is 0 Å². The van der Waals surface area contributed by atoms with Crippen LogP contribution in [0.3, 0.4) is 0 Å². The maximum atomic E-state index is 5.39. The van der Waals surface area contributed by atoms with Gasteiger partial charge in [0.2, 0.25) is 10.5 Å². The third kappa shape index (κ3) is 2.89. The minimum atomic E-state index is 0.420. The van der Waals surface area contributed by atoms with Crippen LogP contribution in [-0.2, 0) is 0 Å². The number of hydrogen-bond donors (Lipinski definition) is 1. The molecule has 0 fully saturated rings. The summed E-state index contributed by atoms with van der Waals surface area (Å²) in [4.78, 5) is 0. The normalized spacial score (nSPS) is 10.9. The van der Waals surface area contributed by atoms with Crippen molar-refractivity contribution in [2.24, 2.45) is 5.10 Å². The zero-order valence-electron chi connectivity index (χ0n) is 12.2. The molecule has 2 aromatic rings. The van der Waals surface area contributed by atoms with Gasteiger partial charge in [0.05, 0.1) is 27.5 Å². The lowest BCUT2D eigenvalue weighted by Gasteiger charge is -2.13. The average Bonchev–Trinajstić information content (AvgIpc) is 2.82. The largest absolute Gasteiger partial charge is 0.493 e. The van der Waals surface area contributed by atoms with E-state index in [0.29, 0.717) is 27.8 Å². The number of hydrogen-bond acceptors (Lipinski definition) is 6. The van der Waals surface area contributed by atoms with Gasteiger partial charge in [-0.1, -0.05) is 0 Å². The molecule has 8 heteroatoms. The number of aromatic nitrogens is 3. The van der Waals surface area contributed by atoms with Gasteiger partial charge in [0, 0.05) is 5.56 Å². The molecule has 0 saturated heterocycles. The molecule has 0 unspecified atom stereocenters. The predicted octanol–water partition coefficient (Wildman–Crippen LogP) is 2.16. The van der Waals surface area contributed by atoms with E-state index in [0.717, 1.165) is 5.56 Å². The zero-order valence-corrected chi connectivity index (χ0v) is 13.0. The van der Waals surface area contributed by atoms with E-state index in [-0.39, 0.29) is 0 Å². The van der Waals surface area contributed by atoms with Crippen LogP contribution in [0.5, 0.6) is 17.2 Å². The molecule has 112 valence electrons. The molecule has 1 aromatic heterocycles. The molecule has 0 aliphatic heterocycles. The van der Waals surface area contributed by atoms with Gasteiger partial charge in [0.25, 0.3) is 0 Å². The Balaban J connectivity index is 2.47. The fraction of sp³-hybridized carbons (Fsp3) is 0.308. The van der Waals surface area contributed by atoms with Crippen molar-refractivity contribution in [2.75, 3.05) is 21.3 Å². The highest BCUT2D eigenvalue weighted by atomic mass is 32.1. The summed E-state index contributed by atoms with van der Waals surface area (Å²) in [6.07, 6.45) is 1.62. The van der Waals surface area contributed by atoms with Crippen LogP contribution in [0.1, 0.15) is 11.4 Å². The summed E-state index contributed by atoms with van der Waals surface area (Å²) in [5, 5.41) is 10.9. The minimum Gasteiger partial charge on any atom is -0.493 e. The van der Waals surface area contributed by atoms with Gasteiger partial charge < -0.3 is 14.2 Å². The molecule has 0 aliphatic rings. The number of H-pyrrole nitrogens is 1. The molecule has 0 saturated carbocycles. The van der Waals surface area contributed by atoms with E-state index >= 15 is 0 Å². The maximum absolute atomic E-state index is 5.39. The van der Waals surface area contributed by atoms with E-state index in [1.54, 1.807) is 40.5 Å². The molecule has 1 aromatic carbocycles. The Morgan fingerprint density at radius 3 is 2.43 bits per heavy atom. The van der Waals surface area contributed by atoms with Crippen LogP contribution in [0.2, 0.25) is 0 Å². The quantitative estimate of drug-likeness (QED) is 0.677. The van der Waals surface area contributed by atoms with Crippen molar-refractivity contribution < 1.29 is 14.2 Å². The number of nitrogens with one attached hydrogen (secondary N) is 1. The van der Waals surface area contributed by atoms with E-state index < -0.39 is 0 Å². The summed E-state index contributed by atoms with van der Waals surface area (Å²) in [5.41, 5.74) is 0.734. The molecule has 2 rings (SSSR count). The molecule has 0 radical (unpaired) electrons. The SMILES string of the molecule is COc1ccc(C=Nn2c(C)n[nH]c2=S)c(OC)c1OC. The summed E-state index contributed by atoms with van der Waals surface area (Å²) < 4.78 is 17.9. The maximum Gasteiger partial charge on any atom is 0.216 e. The average molecular weight is 308 g/mol. The Morgan fingerprint density at radius 2 is 1.90 bits per heavy atom. The number of ether oxygens (including phenoxy) is 3. The monoisotopic (exact) mass is 308 g/mol. The third-order valence-corrected chi connectivity index (χ3v) is 3.12. The van der Waals surface area contributed by atoms with Crippen molar-refractivity contribution >= 4 is 18.4 Å². The Hall–Kier alpha value is -2.35. The third-order valence-electron chi connectivity index (χ3n) is 2.86. The molecule has 1 N–H and O–H groups in total. The van der Waals surface area contributed by atoms with Crippen molar-refractivity contribution in [1.29, 1.82) is 0 Å². The minimum absolute atomic E-state index is 0.420. The van der Waals surface area contributed by atoms with E-state index in [1.165, 1.54) is 4.68 Å². The topological polar surface area (TPSA) is 73.7 Å². The highest BCUT2D eigenvalue weighted by Crippen LogP contribution is 2.38. The Bertz CT molecular complexity index is 721. The smallest absolute Gasteiger partial charge is 0.216 e. The van der Waals surface area contributed by atoms with Crippen LogP contribution in [0.4, 0.5) is 0 Å². The summed E-state index contributed by atoms with van der Waals surface area (Å²) in [5.74, 6) is 2.29. The molecule has 0 atom stereocenters. The standard InChI is InChI=1S/C13H16N4O3S/c1-8-15-16-13(21)17(8)14-7-9-5-6-10(18-2)12(20-4)11(9)19-3/h5-7H,1-4H3,(H,16,21). The summed E-state index contributed by atoms with van der Waals surface area (Å²) in [6, 6.07) is 3.60. The first-order valence-electron chi connectivity index (χ1n) is 6.09. The van der Waals surface area contributed by atoms with Crippen LogP contribution in [-0.4, -0.2) is 42.4 Å². The van der Waals surface area contributed by atoms with Gasteiger partial charge in [0.15, 0.2) is 11.5 Å². The van der Waals surface area contributed by atoms with Crippen molar-refractivity contribution in [3.63, 3.8) is 0 Å². The van der Waals surface area contributed by atoms with Crippen LogP contribution in [0.15, 0.2) is 17.2 Å². The lowest BCUT2D eigenvalue weighted by atomic mass is 10.2. The Kier molecular flexibility index (Phi) is 4.59. The second kappa shape index (κ2) is 6.40. The summed E-state index contributed by atoms with van der Waals surface area (Å²) in [6.45, 7) is 1.80. The molecule has 0 bridgehead atoms. The number of rotatable bonds is 5. The number of methoxy groups -OCH3 is 3. The van der Waals surface area contributed by atoms with Gasteiger partial charge in [-0.3, -0.25) is 5.10 Å². The van der Waals surface area contributed by atoms with Gasteiger partial charge >= 0.3 is 0 Å². The van der Waals surface area contributed by atoms with E-state index in [2.05, 4.69) is 15.3 Å². The van der Waals surface area contributed by atoms with Crippen LogP contribution >= 0.6 is 12.2 Å². The van der Waals surface area contributed by atoms with Crippen LogP contribution < -0.4 is 14.2 Å². The first-order valence-corrected chi connectivity index (χ1v) is 6.50. The fourth-order valence-corrected chi connectivity index (χ4v) is 2.08. The van der Waals surface area contributed by atoms with E-state index in [1.807, 2.05) is 6.07 Å². The van der Waals surface area contributed by atoms with Crippen molar-refractivity contribution in [3.05, 3.63) is 28.3 Å². The zero-order chi connectivity index (χ0) is 15.4. The van der Waals surface area contributed by atoms with Gasteiger partial charge in [-0.2, -0.15) is 14.9 Å². The van der Waals surface area contributed by atoms with Gasteiger partial charge in [-0.15, -0.1) is 0 Å². The fourth-order valence-electron chi connectivity index (χ4n) is 1.85. The molecular weight excluding hydrogens is 292 g/mol. The lowest BCUT2D eigenvalue weighted by molar-refractivity contribution is 0.324. The first-order chi connectivity index (χ1) is 10.1. The number of aryl methyl sites for hydroxylation is 1. The molecule has 0 aliphatic carbocycles. The van der Waals surface area contributed by atoms with Crippen molar-refractivity contribution in [2.45, 2.75) is 6.92 Å². The molecule has 0 spiro atoms. The lowest BCUT2D eigenvalue weighted by Crippen LogP contribution is -2.00. The first kappa shape index (κ1) is 15.0.